The molecule has 0 aliphatic heterocycles. The third-order valence-electron chi connectivity index (χ3n) is 2.78. The minimum absolute atomic E-state index is 0.162. The number of hydrogen-bond acceptors (Lipinski definition) is 2. The molecule has 2 aromatic rings. The van der Waals surface area contributed by atoms with E-state index in [0.29, 0.717) is 0 Å². The van der Waals surface area contributed by atoms with Crippen LogP contribution < -0.4 is 0 Å². The molecule has 14 heavy (non-hydrogen) atoms. The molecule has 1 N–H and O–H groups in total. The lowest BCUT2D eigenvalue weighted by Crippen LogP contribution is -2.18. The summed E-state index contributed by atoms with van der Waals surface area (Å²) in [5.74, 6) is 0. The highest BCUT2D eigenvalue weighted by atomic mass is 79.9. The maximum absolute atomic E-state index is 10.0. The van der Waals surface area contributed by atoms with Crippen molar-refractivity contribution in [3.8, 4) is 0 Å². The fraction of sp³-hybridized carbons (Fsp3) is 0.273. The fourth-order valence-corrected chi connectivity index (χ4v) is 3.74. The van der Waals surface area contributed by atoms with E-state index in [1.54, 1.807) is 11.3 Å². The number of aliphatic hydroxyl groups excluding tert-OH is 1. The first kappa shape index (κ1) is 8.89. The molecule has 0 radical (unpaired) electrons. The zero-order chi connectivity index (χ0) is 9.71. The van der Waals surface area contributed by atoms with E-state index >= 15 is 0 Å². The van der Waals surface area contributed by atoms with Crippen molar-refractivity contribution in [2.45, 2.75) is 17.4 Å². The van der Waals surface area contributed by atoms with Crippen molar-refractivity contribution in [3.63, 3.8) is 0 Å². The van der Waals surface area contributed by atoms with Gasteiger partial charge in [-0.2, -0.15) is 0 Å². The van der Waals surface area contributed by atoms with E-state index in [1.165, 1.54) is 15.6 Å². The molecular formula is C11H9BrOS. The number of halogens is 1. The van der Waals surface area contributed by atoms with Crippen molar-refractivity contribution in [2.75, 3.05) is 0 Å². The number of thiophene rings is 1. The van der Waals surface area contributed by atoms with Crippen LogP contribution in [0.3, 0.4) is 0 Å². The maximum atomic E-state index is 10.0. The van der Waals surface area contributed by atoms with Gasteiger partial charge in [0.05, 0.1) is 6.10 Å². The number of benzene rings is 1. The quantitative estimate of drug-likeness (QED) is 0.728. The van der Waals surface area contributed by atoms with Crippen LogP contribution in [0.1, 0.15) is 17.2 Å². The summed E-state index contributed by atoms with van der Waals surface area (Å²) in [6.45, 7) is 0. The number of rotatable bonds is 0. The third kappa shape index (κ3) is 1.09. The molecule has 72 valence electrons. The van der Waals surface area contributed by atoms with Crippen molar-refractivity contribution in [1.29, 1.82) is 0 Å². The van der Waals surface area contributed by atoms with Gasteiger partial charge in [-0.25, -0.2) is 0 Å². The van der Waals surface area contributed by atoms with Gasteiger partial charge in [-0.15, -0.1) is 11.3 Å². The molecule has 1 aromatic carbocycles. The molecule has 1 heterocycles. The highest BCUT2D eigenvalue weighted by Crippen LogP contribution is 2.40. The predicted molar refractivity (Wildman–Crippen MR) is 63.2 cm³/mol. The van der Waals surface area contributed by atoms with Gasteiger partial charge in [0.2, 0.25) is 0 Å². The molecule has 0 bridgehead atoms. The van der Waals surface area contributed by atoms with Gasteiger partial charge in [0.1, 0.15) is 0 Å². The topological polar surface area (TPSA) is 20.2 Å². The third-order valence-corrected chi connectivity index (χ3v) is 4.60. The molecule has 0 amide bonds. The number of hydrogen-bond donors (Lipinski definition) is 1. The monoisotopic (exact) mass is 268 g/mol. The Labute approximate surface area is 94.5 Å². The summed E-state index contributed by atoms with van der Waals surface area (Å²) < 4.78 is 1.29. The lowest BCUT2D eigenvalue weighted by molar-refractivity contribution is 0.175. The molecule has 2 atom stereocenters. The van der Waals surface area contributed by atoms with E-state index in [0.717, 1.165) is 12.0 Å². The van der Waals surface area contributed by atoms with Crippen LogP contribution in [0.15, 0.2) is 23.6 Å². The van der Waals surface area contributed by atoms with Crippen LogP contribution in [-0.2, 0) is 6.42 Å². The minimum atomic E-state index is -0.360. The summed E-state index contributed by atoms with van der Waals surface area (Å²) in [7, 11) is 0. The summed E-state index contributed by atoms with van der Waals surface area (Å²) >= 11 is 5.29. The Morgan fingerprint density at radius 3 is 3.14 bits per heavy atom. The van der Waals surface area contributed by atoms with E-state index in [9.17, 15) is 5.11 Å². The van der Waals surface area contributed by atoms with E-state index < -0.39 is 0 Å². The zero-order valence-electron chi connectivity index (χ0n) is 7.40. The minimum Gasteiger partial charge on any atom is -0.387 e. The van der Waals surface area contributed by atoms with Crippen LogP contribution in [0.4, 0.5) is 0 Å². The largest absolute Gasteiger partial charge is 0.387 e. The molecule has 0 saturated carbocycles. The van der Waals surface area contributed by atoms with Crippen molar-refractivity contribution < 1.29 is 5.11 Å². The predicted octanol–water partition coefficient (Wildman–Crippen LogP) is 3.25. The normalized spacial score (nSPS) is 25.6. The Hall–Kier alpha value is -0.380. The smallest absolute Gasteiger partial charge is 0.0924 e. The first-order valence-electron chi connectivity index (χ1n) is 4.58. The zero-order valence-corrected chi connectivity index (χ0v) is 9.81. The first-order chi connectivity index (χ1) is 6.77. The molecule has 0 spiro atoms. The van der Waals surface area contributed by atoms with Gasteiger partial charge in [0.15, 0.2) is 0 Å². The van der Waals surface area contributed by atoms with E-state index in [-0.39, 0.29) is 10.9 Å². The van der Waals surface area contributed by atoms with Gasteiger partial charge < -0.3 is 5.11 Å². The van der Waals surface area contributed by atoms with Gasteiger partial charge in [0.25, 0.3) is 0 Å². The lowest BCUT2D eigenvalue weighted by atomic mass is 9.91. The van der Waals surface area contributed by atoms with Crippen LogP contribution in [0, 0.1) is 0 Å². The molecular weight excluding hydrogens is 260 g/mol. The summed E-state index contributed by atoms with van der Waals surface area (Å²) in [5.41, 5.74) is 2.44. The van der Waals surface area contributed by atoms with Gasteiger partial charge >= 0.3 is 0 Å². The average molecular weight is 269 g/mol. The van der Waals surface area contributed by atoms with E-state index in [2.05, 4.69) is 27.4 Å². The van der Waals surface area contributed by atoms with Crippen molar-refractivity contribution in [2.24, 2.45) is 0 Å². The standard InChI is InChI=1S/C11H9BrOS/c12-8-4-6-5-14-9-3-1-2-7(10(6)9)11(8)13/h1-3,5,8,11,13H,4H2. The Bertz CT molecular complexity index is 491. The molecule has 3 rings (SSSR count). The Balaban J connectivity index is 2.39. The lowest BCUT2D eigenvalue weighted by Gasteiger charge is -2.23. The highest BCUT2D eigenvalue weighted by molar-refractivity contribution is 9.09. The van der Waals surface area contributed by atoms with Gasteiger partial charge in [-0.3, -0.25) is 0 Å². The second-order valence-electron chi connectivity index (χ2n) is 3.65. The summed E-state index contributed by atoms with van der Waals surface area (Å²) in [5, 5.41) is 13.5. The Morgan fingerprint density at radius 2 is 2.29 bits per heavy atom. The summed E-state index contributed by atoms with van der Waals surface area (Å²) in [6.07, 6.45) is 0.568. The van der Waals surface area contributed by atoms with Gasteiger partial charge in [-0.05, 0) is 29.0 Å². The molecule has 2 unspecified atom stereocenters. The second kappa shape index (κ2) is 3.05. The average Bonchev–Trinajstić information content (AvgIpc) is 2.59. The Kier molecular flexibility index (Phi) is 1.94. The fourth-order valence-electron chi connectivity index (χ4n) is 2.10. The second-order valence-corrected chi connectivity index (χ2v) is 5.73. The van der Waals surface area contributed by atoms with Gasteiger partial charge in [0, 0.05) is 14.9 Å². The SMILES string of the molecule is OC1c2cccc3scc(c23)CC1Br. The summed E-state index contributed by atoms with van der Waals surface area (Å²) in [6, 6.07) is 6.16. The van der Waals surface area contributed by atoms with Crippen LogP contribution in [0.5, 0.6) is 0 Å². The molecule has 1 aliphatic rings. The molecule has 1 aliphatic carbocycles. The van der Waals surface area contributed by atoms with Crippen molar-refractivity contribution in [1.82, 2.24) is 0 Å². The number of aliphatic hydroxyl groups is 1. The molecule has 3 heteroatoms. The molecule has 1 nitrogen and oxygen atoms in total. The molecule has 1 aromatic heterocycles. The highest BCUT2D eigenvalue weighted by Gasteiger charge is 2.27. The van der Waals surface area contributed by atoms with Crippen LogP contribution in [-0.4, -0.2) is 9.93 Å². The van der Waals surface area contributed by atoms with Crippen LogP contribution in [0.25, 0.3) is 10.1 Å². The van der Waals surface area contributed by atoms with E-state index in [4.69, 9.17) is 0 Å². The molecule has 0 fully saturated rings. The van der Waals surface area contributed by atoms with E-state index in [1.807, 2.05) is 12.1 Å². The van der Waals surface area contributed by atoms with Crippen molar-refractivity contribution >= 4 is 37.4 Å². The first-order valence-corrected chi connectivity index (χ1v) is 6.38. The number of alkyl halides is 1. The summed E-state index contributed by atoms with van der Waals surface area (Å²) in [4.78, 5) is 0.162. The van der Waals surface area contributed by atoms with Crippen LogP contribution in [0.2, 0.25) is 0 Å². The van der Waals surface area contributed by atoms with Crippen molar-refractivity contribution in [3.05, 3.63) is 34.7 Å². The maximum Gasteiger partial charge on any atom is 0.0924 e. The van der Waals surface area contributed by atoms with Crippen LogP contribution >= 0.6 is 27.3 Å². The Morgan fingerprint density at radius 1 is 1.43 bits per heavy atom. The molecule has 0 saturated heterocycles. The van der Waals surface area contributed by atoms with Gasteiger partial charge in [-0.1, -0.05) is 28.1 Å².